The van der Waals surface area contributed by atoms with Crippen LogP contribution in [0.2, 0.25) is 0 Å². The largest absolute Gasteiger partial charge is 0.314 e. The van der Waals surface area contributed by atoms with Crippen molar-refractivity contribution in [2.75, 3.05) is 32.7 Å². The van der Waals surface area contributed by atoms with Crippen LogP contribution in [0.5, 0.6) is 0 Å². The molecule has 18 heavy (non-hydrogen) atoms. The number of rotatable bonds is 3. The Hall–Kier alpha value is -0.450. The van der Waals surface area contributed by atoms with Gasteiger partial charge in [0.25, 0.3) is 0 Å². The van der Waals surface area contributed by atoms with Crippen LogP contribution < -0.4 is 5.32 Å². The van der Waals surface area contributed by atoms with Gasteiger partial charge in [0.1, 0.15) is 5.82 Å². The highest BCUT2D eigenvalue weighted by Crippen LogP contribution is 2.29. The maximum Gasteiger partial charge on any atom is 0.127 e. The quantitative estimate of drug-likeness (QED) is 0.923. The first-order chi connectivity index (χ1) is 8.49. The lowest BCUT2D eigenvalue weighted by atomic mass is 9.83. The average molecular weight is 315 g/mol. The lowest BCUT2D eigenvalue weighted by molar-refractivity contribution is 0.198. The van der Waals surface area contributed by atoms with Gasteiger partial charge < -0.3 is 5.32 Å². The molecule has 0 radical (unpaired) electrons. The van der Waals surface area contributed by atoms with Gasteiger partial charge in [-0.3, -0.25) is 4.90 Å². The summed E-state index contributed by atoms with van der Waals surface area (Å²) in [7, 11) is 0. The average Bonchev–Trinajstić information content (AvgIpc) is 2.33. The van der Waals surface area contributed by atoms with Crippen LogP contribution in [0.4, 0.5) is 4.39 Å². The highest BCUT2D eigenvalue weighted by molar-refractivity contribution is 9.10. The maximum atomic E-state index is 14.0. The Morgan fingerprint density at radius 2 is 2.00 bits per heavy atom. The summed E-state index contributed by atoms with van der Waals surface area (Å²) in [5.41, 5.74) is 0.612. The van der Waals surface area contributed by atoms with Gasteiger partial charge in [-0.25, -0.2) is 4.39 Å². The number of halogens is 2. The summed E-state index contributed by atoms with van der Waals surface area (Å²) in [5, 5.41) is 3.34. The van der Waals surface area contributed by atoms with Crippen molar-refractivity contribution in [2.24, 2.45) is 0 Å². The van der Waals surface area contributed by atoms with Crippen LogP contribution in [0.15, 0.2) is 22.7 Å². The van der Waals surface area contributed by atoms with Crippen molar-refractivity contribution in [1.82, 2.24) is 10.2 Å². The van der Waals surface area contributed by atoms with E-state index in [1.165, 1.54) is 0 Å². The number of piperazine rings is 1. The van der Waals surface area contributed by atoms with E-state index in [0.29, 0.717) is 0 Å². The predicted octanol–water partition coefficient (Wildman–Crippen LogP) is 2.77. The molecule has 1 heterocycles. The zero-order valence-corrected chi connectivity index (χ0v) is 12.6. The number of hydrogen-bond acceptors (Lipinski definition) is 2. The molecule has 2 rings (SSSR count). The van der Waals surface area contributed by atoms with Crippen LogP contribution in [0.3, 0.4) is 0 Å². The first-order valence-corrected chi connectivity index (χ1v) is 7.17. The third kappa shape index (κ3) is 3.31. The molecule has 0 saturated carbocycles. The smallest absolute Gasteiger partial charge is 0.127 e. The van der Waals surface area contributed by atoms with Crippen LogP contribution in [0.1, 0.15) is 19.4 Å². The predicted molar refractivity (Wildman–Crippen MR) is 76.4 cm³/mol. The molecule has 2 nitrogen and oxygen atoms in total. The van der Waals surface area contributed by atoms with Crippen LogP contribution in [-0.4, -0.2) is 37.6 Å². The molecule has 0 bridgehead atoms. The SMILES string of the molecule is CC(C)(CN1CCNCC1)c1cc(Br)ccc1F. The third-order valence-electron chi connectivity index (χ3n) is 3.49. The molecule has 1 saturated heterocycles. The van der Waals surface area contributed by atoms with E-state index in [4.69, 9.17) is 0 Å². The molecule has 1 N–H and O–H groups in total. The van der Waals surface area contributed by atoms with Crippen molar-refractivity contribution in [2.45, 2.75) is 19.3 Å². The van der Waals surface area contributed by atoms with Crippen molar-refractivity contribution >= 4 is 15.9 Å². The number of hydrogen-bond donors (Lipinski definition) is 1. The second-order valence-corrected chi connectivity index (χ2v) is 6.45. The molecule has 0 atom stereocenters. The van der Waals surface area contributed by atoms with E-state index in [2.05, 4.69) is 40.0 Å². The van der Waals surface area contributed by atoms with Crippen LogP contribution in [-0.2, 0) is 5.41 Å². The normalized spacial score (nSPS) is 18.0. The van der Waals surface area contributed by atoms with Gasteiger partial charge >= 0.3 is 0 Å². The Morgan fingerprint density at radius 1 is 1.33 bits per heavy atom. The van der Waals surface area contributed by atoms with Gasteiger partial charge in [-0.15, -0.1) is 0 Å². The van der Waals surface area contributed by atoms with Crippen LogP contribution >= 0.6 is 15.9 Å². The number of benzene rings is 1. The molecule has 1 aliphatic heterocycles. The Bertz CT molecular complexity index is 414. The molecule has 0 spiro atoms. The van der Waals surface area contributed by atoms with Gasteiger partial charge in [0.05, 0.1) is 0 Å². The lowest BCUT2D eigenvalue weighted by Gasteiger charge is -2.35. The fourth-order valence-corrected chi connectivity index (χ4v) is 2.89. The van der Waals surface area contributed by atoms with Gasteiger partial charge in [0.2, 0.25) is 0 Å². The van der Waals surface area contributed by atoms with E-state index in [1.54, 1.807) is 12.1 Å². The molecule has 1 aromatic rings. The van der Waals surface area contributed by atoms with E-state index >= 15 is 0 Å². The molecular formula is C14H20BrFN2. The minimum Gasteiger partial charge on any atom is -0.314 e. The first kappa shape index (κ1) is 14.0. The maximum absolute atomic E-state index is 14.0. The van der Waals surface area contributed by atoms with E-state index in [0.717, 1.165) is 42.8 Å². The number of nitrogens with one attached hydrogen (secondary N) is 1. The second kappa shape index (κ2) is 5.68. The summed E-state index contributed by atoms with van der Waals surface area (Å²) >= 11 is 3.42. The van der Waals surface area contributed by atoms with Crippen molar-refractivity contribution in [3.05, 3.63) is 34.1 Å². The van der Waals surface area contributed by atoms with E-state index < -0.39 is 0 Å². The van der Waals surface area contributed by atoms with Gasteiger partial charge in [-0.05, 0) is 23.8 Å². The summed E-state index contributed by atoms with van der Waals surface area (Å²) in [6, 6.07) is 5.19. The van der Waals surface area contributed by atoms with Gasteiger partial charge in [-0.2, -0.15) is 0 Å². The monoisotopic (exact) mass is 314 g/mol. The van der Waals surface area contributed by atoms with Crippen molar-refractivity contribution in [1.29, 1.82) is 0 Å². The molecule has 1 aliphatic rings. The fraction of sp³-hybridized carbons (Fsp3) is 0.571. The Labute approximate surface area is 117 Å². The zero-order valence-electron chi connectivity index (χ0n) is 11.0. The van der Waals surface area contributed by atoms with Gasteiger partial charge in [0, 0.05) is 42.6 Å². The van der Waals surface area contributed by atoms with Crippen LogP contribution in [0, 0.1) is 5.82 Å². The summed E-state index contributed by atoms with van der Waals surface area (Å²) in [6.07, 6.45) is 0. The van der Waals surface area contributed by atoms with E-state index in [-0.39, 0.29) is 11.2 Å². The highest BCUT2D eigenvalue weighted by Gasteiger charge is 2.27. The Balaban J connectivity index is 2.15. The molecule has 0 unspecified atom stereocenters. The van der Waals surface area contributed by atoms with Crippen molar-refractivity contribution in [3.8, 4) is 0 Å². The summed E-state index contributed by atoms with van der Waals surface area (Å²) in [4.78, 5) is 2.40. The minimum atomic E-state index is -0.175. The minimum absolute atomic E-state index is 0.113. The molecule has 0 aliphatic carbocycles. The third-order valence-corrected chi connectivity index (χ3v) is 3.98. The summed E-state index contributed by atoms with van der Waals surface area (Å²) in [6.45, 7) is 9.24. The topological polar surface area (TPSA) is 15.3 Å². The Morgan fingerprint density at radius 3 is 2.67 bits per heavy atom. The lowest BCUT2D eigenvalue weighted by Crippen LogP contribution is -2.48. The molecular weight excluding hydrogens is 295 g/mol. The molecule has 0 amide bonds. The second-order valence-electron chi connectivity index (χ2n) is 5.53. The van der Waals surface area contributed by atoms with Crippen molar-refractivity contribution < 1.29 is 4.39 Å². The molecule has 0 aromatic heterocycles. The molecule has 4 heteroatoms. The first-order valence-electron chi connectivity index (χ1n) is 6.38. The molecule has 1 aromatic carbocycles. The standard InChI is InChI=1S/C14H20BrFN2/c1-14(2,10-18-7-5-17-6-8-18)12-9-11(15)3-4-13(12)16/h3-4,9,17H,5-8,10H2,1-2H3. The summed E-state index contributed by atoms with van der Waals surface area (Å²) in [5.74, 6) is -0.113. The molecule has 1 fully saturated rings. The highest BCUT2D eigenvalue weighted by atomic mass is 79.9. The van der Waals surface area contributed by atoms with Gasteiger partial charge in [0.15, 0.2) is 0 Å². The van der Waals surface area contributed by atoms with Gasteiger partial charge in [-0.1, -0.05) is 29.8 Å². The fourth-order valence-electron chi connectivity index (χ4n) is 2.53. The van der Waals surface area contributed by atoms with Crippen molar-refractivity contribution in [3.63, 3.8) is 0 Å². The number of nitrogens with zero attached hydrogens (tertiary/aromatic N) is 1. The van der Waals surface area contributed by atoms with Crippen LogP contribution in [0.25, 0.3) is 0 Å². The van der Waals surface area contributed by atoms with E-state index in [9.17, 15) is 4.39 Å². The molecule has 100 valence electrons. The Kier molecular flexibility index (Phi) is 4.41. The van der Waals surface area contributed by atoms with E-state index in [1.807, 2.05) is 6.07 Å². The zero-order chi connectivity index (χ0) is 13.2. The summed E-state index contributed by atoms with van der Waals surface area (Å²) < 4.78 is 14.9.